The van der Waals surface area contributed by atoms with Gasteiger partial charge in [0.25, 0.3) is 5.91 Å². The molecule has 0 spiro atoms. The Morgan fingerprint density at radius 2 is 1.72 bits per heavy atom. The van der Waals surface area contributed by atoms with E-state index in [4.69, 9.17) is 0 Å². The third-order valence-electron chi connectivity index (χ3n) is 6.92. The molecule has 2 fully saturated rings. The van der Waals surface area contributed by atoms with Crippen molar-refractivity contribution in [2.75, 3.05) is 18.4 Å². The van der Waals surface area contributed by atoms with E-state index in [1.54, 1.807) is 0 Å². The van der Waals surface area contributed by atoms with Crippen LogP contribution in [0.4, 0.5) is 5.82 Å². The van der Waals surface area contributed by atoms with Gasteiger partial charge in [-0.15, -0.1) is 0 Å². The quantitative estimate of drug-likeness (QED) is 0.708. The number of amides is 1. The second kappa shape index (κ2) is 8.33. The molecular formula is C25H35N3O. The molecule has 4 heteroatoms. The smallest absolute Gasteiger partial charge is 0.253 e. The molecule has 2 aliphatic rings. The highest BCUT2D eigenvalue weighted by Crippen LogP contribution is 2.38. The van der Waals surface area contributed by atoms with Gasteiger partial charge < -0.3 is 10.2 Å². The zero-order valence-corrected chi connectivity index (χ0v) is 18.2. The number of pyridine rings is 1. The van der Waals surface area contributed by atoms with Crippen molar-refractivity contribution in [3.63, 3.8) is 0 Å². The van der Waals surface area contributed by atoms with Crippen molar-refractivity contribution in [2.24, 2.45) is 11.3 Å². The van der Waals surface area contributed by atoms with Crippen LogP contribution in [-0.4, -0.2) is 34.9 Å². The van der Waals surface area contributed by atoms with Crippen LogP contribution < -0.4 is 5.32 Å². The first-order valence-corrected chi connectivity index (χ1v) is 11.4. The van der Waals surface area contributed by atoms with Gasteiger partial charge in [0.05, 0.1) is 0 Å². The van der Waals surface area contributed by atoms with Crippen molar-refractivity contribution in [3.8, 4) is 0 Å². The zero-order chi connectivity index (χ0) is 20.4. The molecule has 1 saturated carbocycles. The average Bonchev–Trinajstić information content (AvgIpc) is 2.73. The monoisotopic (exact) mass is 393 g/mol. The maximum Gasteiger partial charge on any atom is 0.253 e. The first-order valence-electron chi connectivity index (χ1n) is 11.4. The Labute approximate surface area is 175 Å². The van der Waals surface area contributed by atoms with E-state index >= 15 is 0 Å². The van der Waals surface area contributed by atoms with Gasteiger partial charge in [-0.2, -0.15) is 0 Å². The van der Waals surface area contributed by atoms with Crippen molar-refractivity contribution in [2.45, 2.75) is 71.8 Å². The van der Waals surface area contributed by atoms with Crippen LogP contribution in [0.3, 0.4) is 0 Å². The molecule has 1 aliphatic carbocycles. The molecule has 29 heavy (non-hydrogen) atoms. The Morgan fingerprint density at radius 1 is 1.00 bits per heavy atom. The summed E-state index contributed by atoms with van der Waals surface area (Å²) in [5.74, 6) is 1.91. The van der Waals surface area contributed by atoms with Crippen molar-refractivity contribution in [1.82, 2.24) is 9.88 Å². The van der Waals surface area contributed by atoms with E-state index in [2.05, 4.69) is 37.1 Å². The third-order valence-corrected chi connectivity index (χ3v) is 6.92. The molecule has 2 heterocycles. The summed E-state index contributed by atoms with van der Waals surface area (Å²) in [6, 6.07) is 8.62. The number of rotatable bonds is 3. The number of aromatic nitrogens is 1. The van der Waals surface area contributed by atoms with Crippen LogP contribution in [0, 0.1) is 11.3 Å². The number of benzene rings is 1. The number of likely N-dealkylation sites (tertiary alicyclic amines) is 1. The predicted molar refractivity (Wildman–Crippen MR) is 120 cm³/mol. The maximum atomic E-state index is 12.9. The second-order valence-electron chi connectivity index (χ2n) is 10.0. The SMILES string of the molecule is CC(C)(C)C1CCC(Nc2cc3cc(C(=O)N4CCCCC4)ccc3cn2)CC1. The van der Waals surface area contributed by atoms with Gasteiger partial charge in [-0.05, 0) is 79.9 Å². The van der Waals surface area contributed by atoms with Crippen molar-refractivity contribution in [1.29, 1.82) is 0 Å². The van der Waals surface area contributed by atoms with E-state index in [1.807, 2.05) is 29.3 Å². The summed E-state index contributed by atoms with van der Waals surface area (Å²) >= 11 is 0. The molecule has 2 aromatic rings. The van der Waals surface area contributed by atoms with Crippen molar-refractivity contribution < 1.29 is 4.79 Å². The molecule has 1 aromatic heterocycles. The topological polar surface area (TPSA) is 45.2 Å². The van der Waals surface area contributed by atoms with Gasteiger partial charge in [0.1, 0.15) is 5.82 Å². The number of hydrogen-bond donors (Lipinski definition) is 1. The molecule has 1 aliphatic heterocycles. The highest BCUT2D eigenvalue weighted by molar-refractivity contribution is 5.98. The van der Waals surface area contributed by atoms with Crippen molar-refractivity contribution in [3.05, 3.63) is 36.0 Å². The minimum Gasteiger partial charge on any atom is -0.367 e. The average molecular weight is 394 g/mol. The molecule has 0 bridgehead atoms. The van der Waals surface area contributed by atoms with Crippen LogP contribution in [0.5, 0.6) is 0 Å². The van der Waals surface area contributed by atoms with Gasteiger partial charge in [-0.1, -0.05) is 26.8 Å². The summed E-state index contributed by atoms with van der Waals surface area (Å²) in [5.41, 5.74) is 1.20. The molecule has 1 amide bonds. The first-order chi connectivity index (χ1) is 13.9. The van der Waals surface area contributed by atoms with Gasteiger partial charge in [0.15, 0.2) is 0 Å². The number of anilines is 1. The summed E-state index contributed by atoms with van der Waals surface area (Å²) in [4.78, 5) is 19.5. The molecule has 0 radical (unpaired) electrons. The number of piperidine rings is 1. The van der Waals surface area contributed by atoms with Crippen LogP contribution in [0.25, 0.3) is 10.8 Å². The molecule has 0 unspecified atom stereocenters. The lowest BCUT2D eigenvalue weighted by atomic mass is 9.71. The molecule has 0 atom stereocenters. The summed E-state index contributed by atoms with van der Waals surface area (Å²) in [5, 5.41) is 5.83. The largest absolute Gasteiger partial charge is 0.367 e. The summed E-state index contributed by atoms with van der Waals surface area (Å²) in [6.45, 7) is 8.85. The number of carbonyl (C=O) groups is 1. The summed E-state index contributed by atoms with van der Waals surface area (Å²) in [7, 11) is 0. The number of fused-ring (bicyclic) bond motifs is 1. The van der Waals surface area contributed by atoms with Crippen LogP contribution in [0.1, 0.15) is 76.1 Å². The number of nitrogens with zero attached hydrogens (tertiary/aromatic N) is 2. The molecule has 4 rings (SSSR count). The van der Waals surface area contributed by atoms with Gasteiger partial charge in [-0.25, -0.2) is 4.98 Å². The Kier molecular flexibility index (Phi) is 5.80. The Hall–Kier alpha value is -2.10. The number of hydrogen-bond acceptors (Lipinski definition) is 3. The van der Waals surface area contributed by atoms with E-state index in [-0.39, 0.29) is 5.91 Å². The molecule has 1 N–H and O–H groups in total. The Morgan fingerprint density at radius 3 is 2.41 bits per heavy atom. The molecule has 156 valence electrons. The number of carbonyl (C=O) groups excluding carboxylic acids is 1. The normalized spacial score (nSPS) is 23.2. The van der Waals surface area contributed by atoms with Gasteiger partial charge in [-0.3, -0.25) is 4.79 Å². The van der Waals surface area contributed by atoms with Crippen molar-refractivity contribution >= 4 is 22.5 Å². The van der Waals surface area contributed by atoms with E-state index in [9.17, 15) is 4.79 Å². The van der Waals surface area contributed by atoms with Gasteiger partial charge in [0, 0.05) is 36.3 Å². The third kappa shape index (κ3) is 4.73. The lowest BCUT2D eigenvalue weighted by molar-refractivity contribution is 0.0724. The fraction of sp³-hybridized carbons (Fsp3) is 0.600. The molecular weight excluding hydrogens is 358 g/mol. The minimum absolute atomic E-state index is 0.165. The summed E-state index contributed by atoms with van der Waals surface area (Å²) in [6.07, 6.45) is 10.4. The Balaban J connectivity index is 1.45. The van der Waals surface area contributed by atoms with E-state index in [1.165, 1.54) is 32.1 Å². The van der Waals surface area contributed by atoms with Crippen LogP contribution in [0.2, 0.25) is 0 Å². The van der Waals surface area contributed by atoms with Crippen LogP contribution in [0.15, 0.2) is 30.5 Å². The van der Waals surface area contributed by atoms with Crippen LogP contribution in [-0.2, 0) is 0 Å². The highest BCUT2D eigenvalue weighted by atomic mass is 16.2. The fourth-order valence-corrected chi connectivity index (χ4v) is 4.95. The molecule has 1 saturated heterocycles. The van der Waals surface area contributed by atoms with E-state index in [0.29, 0.717) is 11.5 Å². The molecule has 1 aromatic carbocycles. The number of nitrogens with one attached hydrogen (secondary N) is 1. The lowest BCUT2D eigenvalue weighted by Crippen LogP contribution is -2.35. The predicted octanol–water partition coefficient (Wildman–Crippen LogP) is 5.88. The molecule has 4 nitrogen and oxygen atoms in total. The zero-order valence-electron chi connectivity index (χ0n) is 18.2. The minimum atomic E-state index is 0.165. The maximum absolute atomic E-state index is 12.9. The first kappa shape index (κ1) is 20.2. The second-order valence-corrected chi connectivity index (χ2v) is 10.0. The van der Waals surface area contributed by atoms with Gasteiger partial charge in [0.2, 0.25) is 0 Å². The highest BCUT2D eigenvalue weighted by Gasteiger charge is 2.29. The summed E-state index contributed by atoms with van der Waals surface area (Å²) < 4.78 is 0. The van der Waals surface area contributed by atoms with Crippen LogP contribution >= 0.6 is 0 Å². The van der Waals surface area contributed by atoms with E-state index < -0.39 is 0 Å². The standard InChI is InChI=1S/C25H35N3O/c1-25(2,3)21-9-11-22(12-10-21)27-23-16-20-15-18(7-8-19(20)17-26-23)24(29)28-13-5-4-6-14-28/h7-8,15-17,21-22H,4-6,9-14H2,1-3H3,(H,26,27). The lowest BCUT2D eigenvalue weighted by Gasteiger charge is -2.37. The van der Waals surface area contributed by atoms with E-state index in [0.717, 1.165) is 54.0 Å². The van der Waals surface area contributed by atoms with Gasteiger partial charge >= 0.3 is 0 Å². The fourth-order valence-electron chi connectivity index (χ4n) is 4.95. The Bertz CT molecular complexity index is 856.